The molecule has 5 nitrogen and oxygen atoms in total. The van der Waals surface area contributed by atoms with E-state index in [-0.39, 0.29) is 5.91 Å². The van der Waals surface area contributed by atoms with Gasteiger partial charge >= 0.3 is 0 Å². The minimum absolute atomic E-state index is 0.00819. The summed E-state index contributed by atoms with van der Waals surface area (Å²) in [5.41, 5.74) is 3.55. The van der Waals surface area contributed by atoms with Crippen molar-refractivity contribution in [3.63, 3.8) is 0 Å². The van der Waals surface area contributed by atoms with Crippen molar-refractivity contribution in [2.45, 2.75) is 20.5 Å². The van der Waals surface area contributed by atoms with E-state index >= 15 is 0 Å². The van der Waals surface area contributed by atoms with Gasteiger partial charge in [-0.3, -0.25) is 4.79 Å². The molecule has 0 atom stereocenters. The lowest BCUT2D eigenvalue weighted by molar-refractivity contribution is 0.0802. The molecule has 0 aliphatic heterocycles. The number of aryl methyl sites for hydroxylation is 1. The van der Waals surface area contributed by atoms with Crippen LogP contribution in [0.1, 0.15) is 28.5 Å². The molecule has 3 aromatic rings. The van der Waals surface area contributed by atoms with Gasteiger partial charge in [0.1, 0.15) is 18.0 Å². The molecule has 5 heteroatoms. The Morgan fingerprint density at radius 2 is 2.08 bits per heavy atom. The van der Waals surface area contributed by atoms with E-state index in [0.717, 1.165) is 11.3 Å². The van der Waals surface area contributed by atoms with E-state index in [1.165, 1.54) is 5.56 Å². The Labute approximate surface area is 141 Å². The van der Waals surface area contributed by atoms with Gasteiger partial charge in [0, 0.05) is 31.5 Å². The van der Waals surface area contributed by atoms with Crippen molar-refractivity contribution >= 4 is 11.6 Å². The highest BCUT2D eigenvalue weighted by Gasteiger charge is 2.11. The lowest BCUT2D eigenvalue weighted by Crippen LogP contribution is -2.26. The molecule has 0 fully saturated rings. The van der Waals surface area contributed by atoms with Gasteiger partial charge < -0.3 is 14.0 Å². The molecule has 2 heterocycles. The van der Waals surface area contributed by atoms with Gasteiger partial charge in [0.05, 0.1) is 5.69 Å². The third-order valence-electron chi connectivity index (χ3n) is 3.94. The average molecular weight is 323 g/mol. The fourth-order valence-corrected chi connectivity index (χ4v) is 2.47. The molecule has 24 heavy (non-hydrogen) atoms. The van der Waals surface area contributed by atoms with Crippen LogP contribution >= 0.6 is 0 Å². The molecule has 0 N–H and O–H groups in total. The second-order valence-corrected chi connectivity index (χ2v) is 5.84. The number of fused-ring (bicyclic) bond motifs is 1. The number of rotatable bonds is 5. The number of ether oxygens (including phenoxy) is 1. The van der Waals surface area contributed by atoms with Gasteiger partial charge in [-0.1, -0.05) is 12.1 Å². The minimum Gasteiger partial charge on any atom is -0.487 e. The summed E-state index contributed by atoms with van der Waals surface area (Å²) in [7, 11) is 1.79. The van der Waals surface area contributed by atoms with Crippen molar-refractivity contribution < 1.29 is 9.53 Å². The van der Waals surface area contributed by atoms with E-state index in [1.54, 1.807) is 24.1 Å². The SMILES string of the molecule is CCN(C)C(=O)c1cccc(OCc2cn3cc(C)ccc3n2)c1. The Bertz CT molecular complexity index is 870. The van der Waals surface area contributed by atoms with Crippen LogP contribution in [0.15, 0.2) is 48.8 Å². The largest absolute Gasteiger partial charge is 0.487 e. The molecule has 2 aromatic heterocycles. The summed E-state index contributed by atoms with van der Waals surface area (Å²) in [5, 5.41) is 0. The van der Waals surface area contributed by atoms with Crippen molar-refractivity contribution in [1.82, 2.24) is 14.3 Å². The smallest absolute Gasteiger partial charge is 0.253 e. The molecule has 0 aliphatic carbocycles. The number of hydrogen-bond acceptors (Lipinski definition) is 3. The molecule has 0 saturated carbocycles. The molecule has 0 aliphatic rings. The molecule has 0 spiro atoms. The lowest BCUT2D eigenvalue weighted by Gasteiger charge is -2.15. The molecule has 0 unspecified atom stereocenters. The van der Waals surface area contributed by atoms with Crippen LogP contribution in [0.3, 0.4) is 0 Å². The van der Waals surface area contributed by atoms with Crippen LogP contribution in [0.2, 0.25) is 0 Å². The summed E-state index contributed by atoms with van der Waals surface area (Å²) >= 11 is 0. The van der Waals surface area contributed by atoms with E-state index in [0.29, 0.717) is 24.5 Å². The predicted octanol–water partition coefficient (Wildman–Crippen LogP) is 3.31. The molecule has 1 amide bonds. The molecular formula is C19H21N3O2. The summed E-state index contributed by atoms with van der Waals surface area (Å²) in [6, 6.07) is 11.3. The number of aromatic nitrogens is 2. The highest BCUT2D eigenvalue weighted by Crippen LogP contribution is 2.17. The molecule has 124 valence electrons. The van der Waals surface area contributed by atoms with Gasteiger partial charge in [0.15, 0.2) is 0 Å². The third-order valence-corrected chi connectivity index (χ3v) is 3.94. The standard InChI is InChI=1S/C19H21N3O2/c1-4-21(3)19(23)15-6-5-7-17(10-15)24-13-16-12-22-11-14(2)8-9-18(22)20-16/h5-12H,4,13H2,1-3H3. The summed E-state index contributed by atoms with van der Waals surface area (Å²) in [4.78, 5) is 18.4. The van der Waals surface area contributed by atoms with Crippen molar-refractivity contribution in [2.75, 3.05) is 13.6 Å². The van der Waals surface area contributed by atoms with Crippen LogP contribution in [-0.2, 0) is 6.61 Å². The quantitative estimate of drug-likeness (QED) is 0.724. The Morgan fingerprint density at radius 1 is 1.25 bits per heavy atom. The molecule has 3 rings (SSSR count). The van der Waals surface area contributed by atoms with Crippen LogP contribution in [-0.4, -0.2) is 33.8 Å². The van der Waals surface area contributed by atoms with Gasteiger partial charge in [0.2, 0.25) is 0 Å². The van der Waals surface area contributed by atoms with E-state index in [4.69, 9.17) is 4.74 Å². The Morgan fingerprint density at radius 3 is 2.88 bits per heavy atom. The van der Waals surface area contributed by atoms with Crippen LogP contribution in [0.25, 0.3) is 5.65 Å². The molecular weight excluding hydrogens is 302 g/mol. The fraction of sp³-hybridized carbons (Fsp3) is 0.263. The lowest BCUT2D eigenvalue weighted by atomic mass is 10.2. The second kappa shape index (κ2) is 6.74. The van der Waals surface area contributed by atoms with Crippen LogP contribution in [0.4, 0.5) is 0 Å². The number of pyridine rings is 1. The maximum Gasteiger partial charge on any atom is 0.253 e. The van der Waals surface area contributed by atoms with Crippen molar-refractivity contribution in [3.8, 4) is 5.75 Å². The predicted molar refractivity (Wildman–Crippen MR) is 93.3 cm³/mol. The first-order valence-corrected chi connectivity index (χ1v) is 7.99. The third kappa shape index (κ3) is 3.40. The minimum atomic E-state index is -0.00819. The number of benzene rings is 1. The molecule has 0 radical (unpaired) electrons. The Kier molecular flexibility index (Phi) is 4.51. The van der Waals surface area contributed by atoms with Gasteiger partial charge in [-0.15, -0.1) is 0 Å². The number of imidazole rings is 1. The highest BCUT2D eigenvalue weighted by atomic mass is 16.5. The second-order valence-electron chi connectivity index (χ2n) is 5.84. The van der Waals surface area contributed by atoms with Gasteiger partial charge in [-0.05, 0) is 43.7 Å². The highest BCUT2D eigenvalue weighted by molar-refractivity contribution is 5.94. The maximum absolute atomic E-state index is 12.2. The first-order valence-electron chi connectivity index (χ1n) is 7.99. The van der Waals surface area contributed by atoms with E-state index < -0.39 is 0 Å². The zero-order valence-corrected chi connectivity index (χ0v) is 14.2. The number of carbonyl (C=O) groups excluding carboxylic acids is 1. The van der Waals surface area contributed by atoms with E-state index in [9.17, 15) is 4.79 Å². The number of amides is 1. The summed E-state index contributed by atoms with van der Waals surface area (Å²) in [6.07, 6.45) is 3.99. The Hall–Kier alpha value is -2.82. The van der Waals surface area contributed by atoms with Crippen LogP contribution in [0, 0.1) is 6.92 Å². The zero-order valence-electron chi connectivity index (χ0n) is 14.2. The molecule has 0 bridgehead atoms. The van der Waals surface area contributed by atoms with Crippen molar-refractivity contribution in [3.05, 3.63) is 65.6 Å². The summed E-state index contributed by atoms with van der Waals surface area (Å²) in [6.45, 7) is 5.03. The Balaban J connectivity index is 1.72. The number of hydrogen-bond donors (Lipinski definition) is 0. The molecule has 0 saturated heterocycles. The first kappa shape index (κ1) is 16.1. The summed E-state index contributed by atoms with van der Waals surface area (Å²) < 4.78 is 7.80. The van der Waals surface area contributed by atoms with Crippen LogP contribution < -0.4 is 4.74 Å². The number of carbonyl (C=O) groups is 1. The first-order chi connectivity index (χ1) is 11.6. The van der Waals surface area contributed by atoms with E-state index in [1.807, 2.05) is 54.9 Å². The zero-order chi connectivity index (χ0) is 17.1. The van der Waals surface area contributed by atoms with Gasteiger partial charge in [-0.25, -0.2) is 4.98 Å². The van der Waals surface area contributed by atoms with Crippen molar-refractivity contribution in [1.29, 1.82) is 0 Å². The van der Waals surface area contributed by atoms with Crippen molar-refractivity contribution in [2.24, 2.45) is 0 Å². The topological polar surface area (TPSA) is 46.8 Å². The number of nitrogens with zero attached hydrogens (tertiary/aromatic N) is 3. The van der Waals surface area contributed by atoms with Gasteiger partial charge in [-0.2, -0.15) is 0 Å². The van der Waals surface area contributed by atoms with Crippen LogP contribution in [0.5, 0.6) is 5.75 Å². The summed E-state index contributed by atoms with van der Waals surface area (Å²) in [5.74, 6) is 0.657. The normalized spacial score (nSPS) is 10.8. The fourth-order valence-electron chi connectivity index (χ4n) is 2.47. The van der Waals surface area contributed by atoms with E-state index in [2.05, 4.69) is 4.98 Å². The van der Waals surface area contributed by atoms with Gasteiger partial charge in [0.25, 0.3) is 5.91 Å². The molecule has 1 aromatic carbocycles. The monoisotopic (exact) mass is 323 g/mol. The average Bonchev–Trinajstić information content (AvgIpc) is 3.00. The maximum atomic E-state index is 12.2.